The molecule has 2 N–H and O–H groups in total. The molecule has 2 bridgehead atoms. The molecule has 2 aromatic carbocycles. The zero-order chi connectivity index (χ0) is 31.0. The predicted molar refractivity (Wildman–Crippen MR) is 167 cm³/mol. The van der Waals surface area contributed by atoms with Gasteiger partial charge in [-0.15, -0.1) is 6.42 Å². The standard InChI is InChI=1S/C35H34F3N5O2/c1-3-25-28(37)8-5-20-11-24(44)12-26(29(20)25)31-30(38)32-27(14-39-31)33(42-16-22-6-7-23(17-42)40-22)19(2)34(41-32)45-18-35-9-4-10-43(35)15-21(36)13-35/h1,5,8,11-12,14,21-23,40,44H,4,6-7,9-10,13,15-18H2,2H3/t21-,22-,23+,35+/m1/s1. The molecule has 2 aromatic heterocycles. The van der Waals surface area contributed by atoms with Crippen molar-refractivity contribution in [3.05, 3.63) is 53.2 Å². The van der Waals surface area contributed by atoms with E-state index in [0.717, 1.165) is 56.6 Å². The molecule has 4 fully saturated rings. The maximum atomic E-state index is 16.9. The molecule has 6 heterocycles. The van der Waals surface area contributed by atoms with Crippen LogP contribution in [0.1, 0.15) is 43.2 Å². The van der Waals surface area contributed by atoms with Crippen LogP contribution in [0.5, 0.6) is 11.6 Å². The van der Waals surface area contributed by atoms with Crippen LogP contribution in [0.2, 0.25) is 0 Å². The zero-order valence-corrected chi connectivity index (χ0v) is 25.0. The second-order valence-electron chi connectivity index (χ2n) is 13.1. The van der Waals surface area contributed by atoms with E-state index in [1.807, 2.05) is 6.92 Å². The maximum absolute atomic E-state index is 16.9. The molecule has 0 aliphatic carbocycles. The average Bonchev–Trinajstić information content (AvgIpc) is 3.66. The highest BCUT2D eigenvalue weighted by Gasteiger charge is 2.49. The molecule has 45 heavy (non-hydrogen) atoms. The zero-order valence-electron chi connectivity index (χ0n) is 25.0. The molecule has 4 saturated heterocycles. The number of pyridine rings is 2. The summed E-state index contributed by atoms with van der Waals surface area (Å²) in [5.74, 6) is 1.22. The normalized spacial score (nSPS) is 26.1. The van der Waals surface area contributed by atoms with E-state index in [9.17, 15) is 13.9 Å². The molecule has 0 radical (unpaired) electrons. The monoisotopic (exact) mass is 613 g/mol. The number of nitrogens with zero attached hydrogens (tertiary/aromatic N) is 4. The van der Waals surface area contributed by atoms with E-state index >= 15 is 4.39 Å². The van der Waals surface area contributed by atoms with Gasteiger partial charge in [0, 0.05) is 66.2 Å². The Hall–Kier alpha value is -4.07. The van der Waals surface area contributed by atoms with Crippen LogP contribution < -0.4 is 15.0 Å². The van der Waals surface area contributed by atoms with E-state index in [-0.39, 0.29) is 40.1 Å². The lowest BCUT2D eigenvalue weighted by molar-refractivity contribution is 0.110. The number of anilines is 1. The summed E-state index contributed by atoms with van der Waals surface area (Å²) in [5, 5.41) is 15.5. The molecule has 4 aliphatic rings. The first-order chi connectivity index (χ1) is 21.7. The minimum Gasteiger partial charge on any atom is -0.508 e. The summed E-state index contributed by atoms with van der Waals surface area (Å²) in [6, 6.07) is 6.19. The van der Waals surface area contributed by atoms with Crippen LogP contribution in [0.3, 0.4) is 0 Å². The van der Waals surface area contributed by atoms with Gasteiger partial charge in [-0.05, 0) is 62.7 Å². The second kappa shape index (κ2) is 10.5. The van der Waals surface area contributed by atoms with E-state index < -0.39 is 23.3 Å². The second-order valence-corrected chi connectivity index (χ2v) is 13.1. The van der Waals surface area contributed by atoms with Gasteiger partial charge in [-0.25, -0.2) is 18.2 Å². The van der Waals surface area contributed by atoms with Gasteiger partial charge in [0.05, 0.1) is 16.8 Å². The summed E-state index contributed by atoms with van der Waals surface area (Å²) < 4.78 is 52.7. The molecular weight excluding hydrogens is 579 g/mol. The number of ether oxygens (including phenoxy) is 1. The summed E-state index contributed by atoms with van der Waals surface area (Å²) in [6.45, 7) is 4.95. The Kier molecular flexibility index (Phi) is 6.63. The molecule has 232 valence electrons. The number of aromatic nitrogens is 2. The molecule has 0 unspecified atom stereocenters. The van der Waals surface area contributed by atoms with Crippen molar-refractivity contribution in [1.82, 2.24) is 20.2 Å². The quantitative estimate of drug-likeness (QED) is 0.283. The van der Waals surface area contributed by atoms with Crippen molar-refractivity contribution in [2.24, 2.45) is 0 Å². The van der Waals surface area contributed by atoms with Crippen molar-refractivity contribution in [3.8, 4) is 35.2 Å². The van der Waals surface area contributed by atoms with E-state index in [1.54, 1.807) is 6.20 Å². The van der Waals surface area contributed by atoms with Crippen molar-refractivity contribution in [1.29, 1.82) is 0 Å². The van der Waals surface area contributed by atoms with E-state index in [4.69, 9.17) is 16.1 Å². The Labute approximate surface area is 259 Å². The van der Waals surface area contributed by atoms with Gasteiger partial charge in [0.25, 0.3) is 0 Å². The van der Waals surface area contributed by atoms with Crippen molar-refractivity contribution >= 4 is 27.4 Å². The van der Waals surface area contributed by atoms with Gasteiger partial charge in [0.1, 0.15) is 35.6 Å². The van der Waals surface area contributed by atoms with Crippen LogP contribution in [-0.4, -0.2) is 76.6 Å². The SMILES string of the molecule is C#Cc1c(F)ccc2cc(O)cc(-c3ncc4c(N5C[C@H]6CC[C@@H](C5)N6)c(C)c(OC[C@@]56CCCN5C[C@H](F)C6)nc4c3F)c12. The summed E-state index contributed by atoms with van der Waals surface area (Å²) in [5.41, 5.74) is 1.30. The minimum atomic E-state index is -0.896. The number of benzene rings is 2. The molecule has 4 atom stereocenters. The van der Waals surface area contributed by atoms with Crippen LogP contribution >= 0.6 is 0 Å². The van der Waals surface area contributed by atoms with Gasteiger partial charge >= 0.3 is 0 Å². The molecule has 8 rings (SSSR count). The summed E-state index contributed by atoms with van der Waals surface area (Å²) in [4.78, 5) is 13.8. The molecule has 0 amide bonds. The fraction of sp³-hybridized carbons (Fsp3) is 0.429. The highest BCUT2D eigenvalue weighted by atomic mass is 19.1. The van der Waals surface area contributed by atoms with E-state index in [1.165, 1.54) is 24.3 Å². The third-order valence-corrected chi connectivity index (χ3v) is 10.4. The van der Waals surface area contributed by atoms with Gasteiger partial charge in [-0.1, -0.05) is 12.0 Å². The number of piperazine rings is 1. The highest BCUT2D eigenvalue weighted by molar-refractivity contribution is 6.03. The third kappa shape index (κ3) is 4.50. The largest absolute Gasteiger partial charge is 0.508 e. The van der Waals surface area contributed by atoms with Gasteiger partial charge in [0.15, 0.2) is 5.82 Å². The number of rotatable bonds is 5. The number of alkyl halides is 1. The average molecular weight is 614 g/mol. The van der Waals surface area contributed by atoms with Gasteiger partial charge in [-0.2, -0.15) is 0 Å². The summed E-state index contributed by atoms with van der Waals surface area (Å²) >= 11 is 0. The van der Waals surface area contributed by atoms with Crippen molar-refractivity contribution in [3.63, 3.8) is 0 Å². The van der Waals surface area contributed by atoms with Crippen LogP contribution in [0.15, 0.2) is 30.5 Å². The predicted octanol–water partition coefficient (Wildman–Crippen LogP) is 5.62. The number of terminal acetylenes is 1. The molecule has 7 nitrogen and oxygen atoms in total. The first-order valence-electron chi connectivity index (χ1n) is 15.7. The Bertz CT molecular complexity index is 1900. The molecule has 4 aliphatic heterocycles. The molecule has 4 aromatic rings. The smallest absolute Gasteiger partial charge is 0.219 e. The third-order valence-electron chi connectivity index (χ3n) is 10.4. The number of fused-ring (bicyclic) bond motifs is 5. The lowest BCUT2D eigenvalue weighted by atomic mass is 9.95. The molecule has 10 heteroatoms. The van der Waals surface area contributed by atoms with Crippen LogP contribution in [0.4, 0.5) is 18.9 Å². The molecule has 0 spiro atoms. The minimum absolute atomic E-state index is 0.0372. The Morgan fingerprint density at radius 1 is 1.18 bits per heavy atom. The number of halogens is 3. The van der Waals surface area contributed by atoms with Crippen molar-refractivity contribution in [2.45, 2.75) is 62.8 Å². The number of phenolic OH excluding ortho intramolecular Hbond substituents is 1. The first kappa shape index (κ1) is 28.4. The highest BCUT2D eigenvalue weighted by Crippen LogP contribution is 2.44. The Morgan fingerprint density at radius 2 is 1.98 bits per heavy atom. The fourth-order valence-electron chi connectivity index (χ4n) is 8.37. The van der Waals surface area contributed by atoms with Gasteiger partial charge in [-0.3, -0.25) is 9.88 Å². The van der Waals surface area contributed by atoms with Crippen LogP contribution in [0, 0.1) is 30.9 Å². The number of hydrogen-bond acceptors (Lipinski definition) is 7. The van der Waals surface area contributed by atoms with Gasteiger partial charge < -0.3 is 20.1 Å². The number of nitrogens with one attached hydrogen (secondary N) is 1. The lowest BCUT2D eigenvalue weighted by Crippen LogP contribution is -2.51. The van der Waals surface area contributed by atoms with Gasteiger partial charge in [0.2, 0.25) is 5.88 Å². The topological polar surface area (TPSA) is 73.8 Å². The van der Waals surface area contributed by atoms with E-state index in [0.29, 0.717) is 41.7 Å². The van der Waals surface area contributed by atoms with Crippen molar-refractivity contribution < 1.29 is 23.0 Å². The first-order valence-corrected chi connectivity index (χ1v) is 15.7. The van der Waals surface area contributed by atoms with E-state index in [2.05, 4.69) is 26.0 Å². The number of phenols is 1. The van der Waals surface area contributed by atoms with Crippen LogP contribution in [0.25, 0.3) is 32.9 Å². The lowest BCUT2D eigenvalue weighted by Gasteiger charge is -2.36. The maximum Gasteiger partial charge on any atom is 0.219 e. The molecule has 0 saturated carbocycles. The summed E-state index contributed by atoms with van der Waals surface area (Å²) in [7, 11) is 0. The van der Waals surface area contributed by atoms with Crippen molar-refractivity contribution in [2.75, 3.05) is 37.7 Å². The Morgan fingerprint density at radius 3 is 2.76 bits per heavy atom. The van der Waals surface area contributed by atoms with Crippen LogP contribution in [-0.2, 0) is 0 Å². The number of aromatic hydroxyl groups is 1. The summed E-state index contributed by atoms with van der Waals surface area (Å²) in [6.07, 6.45) is 10.8. The Balaban J connectivity index is 1.30. The molecular formula is C35H34F3N5O2. The number of hydrogen-bond donors (Lipinski definition) is 2. The fourth-order valence-corrected chi connectivity index (χ4v) is 8.37.